The lowest BCUT2D eigenvalue weighted by Gasteiger charge is -2.22. The summed E-state index contributed by atoms with van der Waals surface area (Å²) in [6, 6.07) is 23.0. The molecule has 0 saturated carbocycles. The largest absolute Gasteiger partial charge is 0.508 e. The number of aliphatic carboxylic acids is 1. The van der Waals surface area contributed by atoms with Crippen LogP contribution < -0.4 is 5.32 Å². The third kappa shape index (κ3) is 10.3. The number of nitrogens with zero attached hydrogens (tertiary/aromatic N) is 2. The Morgan fingerprint density at radius 3 is 1.97 bits per heavy atom. The Hall–Kier alpha value is -3.41. The SMILES string of the molecule is O=C(Nc1cccc(CN2CCCN(Cc3ccc(O)cc3)CC2)c1)c1ccc(Br)cc1.O=C(O)C(F)(F)F. The molecule has 0 aliphatic carbocycles. The number of halogens is 4. The number of anilines is 1. The van der Waals surface area contributed by atoms with Gasteiger partial charge in [-0.25, -0.2) is 4.79 Å². The van der Waals surface area contributed by atoms with E-state index in [2.05, 4.69) is 43.2 Å². The van der Waals surface area contributed by atoms with Crippen molar-refractivity contribution in [2.24, 2.45) is 0 Å². The number of amides is 1. The lowest BCUT2D eigenvalue weighted by atomic mass is 10.1. The van der Waals surface area contributed by atoms with E-state index in [9.17, 15) is 23.1 Å². The molecule has 1 saturated heterocycles. The molecule has 1 amide bonds. The summed E-state index contributed by atoms with van der Waals surface area (Å²) in [6.45, 7) is 5.93. The van der Waals surface area contributed by atoms with Gasteiger partial charge in [0.1, 0.15) is 5.75 Å². The molecule has 0 atom stereocenters. The minimum Gasteiger partial charge on any atom is -0.508 e. The Balaban J connectivity index is 0.000000532. The predicted molar refractivity (Wildman–Crippen MR) is 146 cm³/mol. The number of carboxylic acids is 1. The van der Waals surface area contributed by atoms with Crippen molar-refractivity contribution in [3.05, 3.63) is 94.0 Å². The zero-order chi connectivity index (χ0) is 28.4. The van der Waals surface area contributed by atoms with Gasteiger partial charge in [0.2, 0.25) is 0 Å². The van der Waals surface area contributed by atoms with Gasteiger partial charge in [0.05, 0.1) is 0 Å². The second-order valence-electron chi connectivity index (χ2n) is 9.04. The van der Waals surface area contributed by atoms with Crippen LogP contribution in [-0.4, -0.2) is 64.2 Å². The Morgan fingerprint density at radius 2 is 1.41 bits per heavy atom. The van der Waals surface area contributed by atoms with E-state index in [0.29, 0.717) is 11.3 Å². The first-order valence-corrected chi connectivity index (χ1v) is 13.0. The van der Waals surface area contributed by atoms with Crippen LogP contribution in [0.25, 0.3) is 0 Å². The average molecular weight is 608 g/mol. The van der Waals surface area contributed by atoms with Crippen molar-refractivity contribution < 1.29 is 33.0 Å². The van der Waals surface area contributed by atoms with Crippen molar-refractivity contribution in [2.75, 3.05) is 31.5 Å². The zero-order valence-corrected chi connectivity index (χ0v) is 22.6. The fourth-order valence-electron chi connectivity index (χ4n) is 4.01. The van der Waals surface area contributed by atoms with E-state index in [4.69, 9.17) is 9.90 Å². The first-order chi connectivity index (χ1) is 18.5. The van der Waals surface area contributed by atoms with Crippen molar-refractivity contribution in [2.45, 2.75) is 25.7 Å². The molecule has 39 heavy (non-hydrogen) atoms. The molecule has 0 spiro atoms. The van der Waals surface area contributed by atoms with E-state index >= 15 is 0 Å². The molecule has 1 aliphatic heterocycles. The molecule has 4 rings (SSSR count). The number of hydrogen-bond acceptors (Lipinski definition) is 5. The predicted octanol–water partition coefficient (Wildman–Crippen LogP) is 5.75. The molecule has 0 bridgehead atoms. The maximum Gasteiger partial charge on any atom is 0.490 e. The van der Waals surface area contributed by atoms with Crippen molar-refractivity contribution in [3.8, 4) is 5.75 Å². The van der Waals surface area contributed by atoms with Gasteiger partial charge >= 0.3 is 12.1 Å². The van der Waals surface area contributed by atoms with E-state index in [-0.39, 0.29) is 5.91 Å². The van der Waals surface area contributed by atoms with E-state index in [1.165, 1.54) is 11.1 Å². The second-order valence-corrected chi connectivity index (χ2v) is 9.95. The fourth-order valence-corrected chi connectivity index (χ4v) is 4.27. The van der Waals surface area contributed by atoms with Crippen LogP contribution in [0.3, 0.4) is 0 Å². The number of aromatic hydroxyl groups is 1. The Kier molecular flexibility index (Phi) is 10.9. The third-order valence-corrected chi connectivity index (χ3v) is 6.49. The van der Waals surface area contributed by atoms with Gasteiger partial charge in [-0.3, -0.25) is 14.6 Å². The smallest absolute Gasteiger partial charge is 0.490 e. The molecule has 1 heterocycles. The van der Waals surface area contributed by atoms with Crippen LogP contribution in [0.2, 0.25) is 0 Å². The number of hydrogen-bond donors (Lipinski definition) is 3. The first-order valence-electron chi connectivity index (χ1n) is 12.2. The van der Waals surface area contributed by atoms with Crippen LogP contribution in [0.5, 0.6) is 5.75 Å². The highest BCUT2D eigenvalue weighted by Gasteiger charge is 2.38. The molecule has 0 radical (unpaired) electrons. The Bertz CT molecular complexity index is 1240. The molecule has 1 aliphatic rings. The summed E-state index contributed by atoms with van der Waals surface area (Å²) < 4.78 is 32.7. The number of carbonyl (C=O) groups is 2. The fraction of sp³-hybridized carbons (Fsp3) is 0.286. The maximum absolute atomic E-state index is 12.5. The van der Waals surface area contributed by atoms with Crippen LogP contribution in [0.4, 0.5) is 18.9 Å². The summed E-state index contributed by atoms with van der Waals surface area (Å²) in [7, 11) is 0. The van der Waals surface area contributed by atoms with E-state index < -0.39 is 12.1 Å². The summed E-state index contributed by atoms with van der Waals surface area (Å²) in [5, 5.41) is 19.6. The number of alkyl halides is 3. The maximum atomic E-state index is 12.5. The van der Waals surface area contributed by atoms with E-state index in [0.717, 1.165) is 55.8 Å². The standard InChI is InChI=1S/C26H28BrN3O2.C2HF3O2/c27-23-9-7-22(8-10-23)26(32)28-24-4-1-3-21(17-24)19-30-14-2-13-29(15-16-30)18-20-5-11-25(31)12-6-20;3-2(4,5)1(6)7/h1,3-12,17,31H,2,13-16,18-19H2,(H,28,32);(H,6,7). The highest BCUT2D eigenvalue weighted by Crippen LogP contribution is 2.18. The summed E-state index contributed by atoms with van der Waals surface area (Å²) in [5.74, 6) is -2.55. The normalized spacial score (nSPS) is 14.6. The Morgan fingerprint density at radius 1 is 0.846 bits per heavy atom. The minimum atomic E-state index is -5.08. The van der Waals surface area contributed by atoms with E-state index in [1.54, 1.807) is 12.1 Å². The molecule has 3 aromatic rings. The molecular formula is C28H29BrF3N3O4. The average Bonchev–Trinajstić information content (AvgIpc) is 3.10. The first kappa shape index (κ1) is 30.1. The summed E-state index contributed by atoms with van der Waals surface area (Å²) >= 11 is 3.40. The van der Waals surface area contributed by atoms with Crippen molar-refractivity contribution in [1.29, 1.82) is 0 Å². The highest BCUT2D eigenvalue weighted by atomic mass is 79.9. The number of phenols is 1. The van der Waals surface area contributed by atoms with Crippen LogP contribution in [0.15, 0.2) is 77.3 Å². The number of carboxylic acid groups (broad SMARTS) is 1. The number of benzene rings is 3. The van der Waals surface area contributed by atoms with Gasteiger partial charge in [0, 0.05) is 41.9 Å². The number of rotatable bonds is 6. The molecule has 0 unspecified atom stereocenters. The van der Waals surface area contributed by atoms with Crippen molar-refractivity contribution in [3.63, 3.8) is 0 Å². The minimum absolute atomic E-state index is 0.103. The van der Waals surface area contributed by atoms with Crippen LogP contribution in [-0.2, 0) is 17.9 Å². The quantitative estimate of drug-likeness (QED) is 0.330. The molecule has 3 N–H and O–H groups in total. The van der Waals surface area contributed by atoms with Crippen LogP contribution in [0, 0.1) is 0 Å². The zero-order valence-electron chi connectivity index (χ0n) is 21.0. The van der Waals surface area contributed by atoms with Gasteiger partial charge in [-0.05, 0) is 79.2 Å². The van der Waals surface area contributed by atoms with Gasteiger partial charge < -0.3 is 15.5 Å². The summed E-state index contributed by atoms with van der Waals surface area (Å²) in [4.78, 5) is 26.4. The number of nitrogens with one attached hydrogen (secondary N) is 1. The van der Waals surface area contributed by atoms with E-state index in [1.807, 2.05) is 48.5 Å². The highest BCUT2D eigenvalue weighted by molar-refractivity contribution is 9.10. The molecule has 7 nitrogen and oxygen atoms in total. The number of carbonyl (C=O) groups excluding carboxylic acids is 1. The topological polar surface area (TPSA) is 93.1 Å². The summed E-state index contributed by atoms with van der Waals surface area (Å²) in [6.07, 6.45) is -3.96. The molecular weight excluding hydrogens is 579 g/mol. The molecule has 3 aromatic carbocycles. The van der Waals surface area contributed by atoms with Crippen molar-refractivity contribution >= 4 is 33.5 Å². The third-order valence-electron chi connectivity index (χ3n) is 5.96. The van der Waals surface area contributed by atoms with Gasteiger partial charge in [0.15, 0.2) is 0 Å². The van der Waals surface area contributed by atoms with Gasteiger partial charge in [-0.2, -0.15) is 13.2 Å². The second kappa shape index (κ2) is 14.1. The molecule has 0 aromatic heterocycles. The lowest BCUT2D eigenvalue weighted by molar-refractivity contribution is -0.192. The van der Waals surface area contributed by atoms with Crippen LogP contribution >= 0.6 is 15.9 Å². The van der Waals surface area contributed by atoms with Crippen LogP contribution in [0.1, 0.15) is 27.9 Å². The number of phenolic OH excluding ortho intramolecular Hbond substituents is 1. The summed E-state index contributed by atoms with van der Waals surface area (Å²) in [5.41, 5.74) is 3.88. The van der Waals surface area contributed by atoms with Crippen molar-refractivity contribution in [1.82, 2.24) is 9.80 Å². The molecule has 208 valence electrons. The molecule has 11 heteroatoms. The monoisotopic (exact) mass is 607 g/mol. The molecule has 1 fully saturated rings. The van der Waals surface area contributed by atoms with Gasteiger partial charge in [-0.15, -0.1) is 0 Å². The Labute approximate surface area is 233 Å². The van der Waals surface area contributed by atoms with Gasteiger partial charge in [-0.1, -0.05) is 40.2 Å². The lowest BCUT2D eigenvalue weighted by Crippen LogP contribution is -2.30. The van der Waals surface area contributed by atoms with Gasteiger partial charge in [0.25, 0.3) is 5.91 Å².